The lowest BCUT2D eigenvalue weighted by Crippen LogP contribution is -2.26. The minimum Gasteiger partial charge on any atom is -0.379 e. The highest BCUT2D eigenvalue weighted by molar-refractivity contribution is 5.82. The average molecular weight is 485 g/mol. The number of nitrogens with zero attached hydrogens (tertiary/aromatic N) is 2. The van der Waals surface area contributed by atoms with Gasteiger partial charge in [0.25, 0.3) is 11.4 Å². The van der Waals surface area contributed by atoms with Crippen molar-refractivity contribution in [1.82, 2.24) is 5.32 Å². The molecule has 0 aliphatic heterocycles. The highest BCUT2D eigenvalue weighted by Gasteiger charge is 2.18. The lowest BCUT2D eigenvalue weighted by molar-refractivity contribution is -0.393. The van der Waals surface area contributed by atoms with Gasteiger partial charge in [-0.1, -0.05) is 0 Å². The van der Waals surface area contributed by atoms with E-state index in [1.165, 1.54) is 12.1 Å². The first-order chi connectivity index (χ1) is 16.3. The van der Waals surface area contributed by atoms with Gasteiger partial charge in [-0.15, -0.1) is 0 Å². The Labute approximate surface area is 196 Å². The Kier molecular flexibility index (Phi) is 14.5. The molecule has 190 valence electrons. The Balaban J connectivity index is 1.96. The van der Waals surface area contributed by atoms with E-state index in [1.54, 1.807) is 0 Å². The molecule has 0 spiro atoms. The predicted octanol–water partition coefficient (Wildman–Crippen LogP) is 1.13. The van der Waals surface area contributed by atoms with Crippen molar-refractivity contribution >= 4 is 28.9 Å². The highest BCUT2D eigenvalue weighted by atomic mass is 16.6. The van der Waals surface area contributed by atoms with Crippen LogP contribution in [-0.2, 0) is 23.8 Å². The molecule has 2 amide bonds. The molecule has 4 N–H and O–H groups in total. The molecule has 1 aromatic rings. The Bertz CT molecular complexity index is 807. The van der Waals surface area contributed by atoms with Crippen LogP contribution in [0.15, 0.2) is 18.2 Å². The number of carbonyl (C=O) groups excluding carboxylic acids is 2. The largest absolute Gasteiger partial charge is 0.379 e. The number of nitro groups is 2. The van der Waals surface area contributed by atoms with Crippen molar-refractivity contribution < 1.29 is 33.6 Å². The van der Waals surface area contributed by atoms with Gasteiger partial charge in [-0.2, -0.15) is 0 Å². The van der Waals surface area contributed by atoms with Crippen molar-refractivity contribution in [2.75, 3.05) is 58.0 Å². The molecule has 0 fully saturated rings. The van der Waals surface area contributed by atoms with E-state index in [1.807, 2.05) is 0 Å². The van der Waals surface area contributed by atoms with Gasteiger partial charge in [-0.3, -0.25) is 29.8 Å². The summed E-state index contributed by atoms with van der Waals surface area (Å²) in [5, 5.41) is 27.4. The number of ether oxygens (including phenoxy) is 3. The molecule has 34 heavy (non-hydrogen) atoms. The number of nitrogens with one attached hydrogen (secondary N) is 2. The van der Waals surface area contributed by atoms with E-state index in [9.17, 15) is 29.8 Å². The molecule has 0 heterocycles. The quantitative estimate of drug-likeness (QED) is 0.137. The number of primary amides is 1. The topological polar surface area (TPSA) is 198 Å². The molecule has 1 rings (SSSR count). The summed E-state index contributed by atoms with van der Waals surface area (Å²) in [5.74, 6) is -0.723. The second kappa shape index (κ2) is 17.2. The van der Waals surface area contributed by atoms with Crippen LogP contribution in [0.1, 0.15) is 25.7 Å². The zero-order valence-corrected chi connectivity index (χ0v) is 18.9. The fourth-order valence-electron chi connectivity index (χ4n) is 2.60. The van der Waals surface area contributed by atoms with Gasteiger partial charge < -0.3 is 30.6 Å². The van der Waals surface area contributed by atoms with E-state index in [0.29, 0.717) is 65.6 Å². The first-order valence-corrected chi connectivity index (χ1v) is 10.8. The van der Waals surface area contributed by atoms with E-state index in [0.717, 1.165) is 6.07 Å². The predicted molar refractivity (Wildman–Crippen MR) is 121 cm³/mol. The molecule has 0 bridgehead atoms. The van der Waals surface area contributed by atoms with E-state index >= 15 is 0 Å². The van der Waals surface area contributed by atoms with Gasteiger partial charge in [0, 0.05) is 45.2 Å². The smallest absolute Gasteiger partial charge is 0.299 e. The van der Waals surface area contributed by atoms with Crippen LogP contribution in [0.25, 0.3) is 0 Å². The SMILES string of the molecule is NC(=O)CCC(=O)NCCCOCCOCCOCCCNc1ccc([N+](=O)[O-])cc1[N+](=O)[O-]. The first-order valence-electron chi connectivity index (χ1n) is 10.8. The Morgan fingerprint density at radius 2 is 1.44 bits per heavy atom. The molecule has 14 nitrogen and oxygen atoms in total. The second-order valence-corrected chi connectivity index (χ2v) is 7.00. The standard InChI is InChI=1S/C20H31N5O9/c21-19(26)5-6-20(27)23-8-2-10-33-12-14-34-13-11-32-9-1-7-22-17-4-3-16(24(28)29)15-18(17)25(30)31/h3-4,15,22H,1-2,5-14H2,(H2,21,26)(H,23,27). The zero-order valence-electron chi connectivity index (χ0n) is 18.9. The second-order valence-electron chi connectivity index (χ2n) is 7.00. The molecule has 0 aromatic heterocycles. The number of benzene rings is 1. The Hall–Kier alpha value is -3.36. The molecule has 14 heteroatoms. The van der Waals surface area contributed by atoms with Crippen molar-refractivity contribution in [2.24, 2.45) is 5.73 Å². The Morgan fingerprint density at radius 1 is 0.853 bits per heavy atom. The lowest BCUT2D eigenvalue weighted by Gasteiger charge is -2.09. The molecule has 0 unspecified atom stereocenters. The van der Waals surface area contributed by atoms with Crippen LogP contribution in [0.2, 0.25) is 0 Å². The van der Waals surface area contributed by atoms with Crippen molar-refractivity contribution in [3.05, 3.63) is 38.4 Å². The van der Waals surface area contributed by atoms with E-state index in [2.05, 4.69) is 10.6 Å². The number of hydrogen-bond acceptors (Lipinski definition) is 10. The number of hydrogen-bond donors (Lipinski definition) is 3. The highest BCUT2D eigenvalue weighted by Crippen LogP contribution is 2.28. The molecular formula is C20H31N5O9. The number of amides is 2. The van der Waals surface area contributed by atoms with Crippen molar-refractivity contribution in [2.45, 2.75) is 25.7 Å². The molecule has 0 radical (unpaired) electrons. The van der Waals surface area contributed by atoms with Crippen molar-refractivity contribution in [3.63, 3.8) is 0 Å². The van der Waals surface area contributed by atoms with Gasteiger partial charge in [-0.25, -0.2) is 0 Å². The van der Waals surface area contributed by atoms with Crippen LogP contribution in [0.4, 0.5) is 17.1 Å². The van der Waals surface area contributed by atoms with E-state index < -0.39 is 15.8 Å². The van der Waals surface area contributed by atoms with Crippen LogP contribution < -0.4 is 16.4 Å². The van der Waals surface area contributed by atoms with Crippen LogP contribution in [0.5, 0.6) is 0 Å². The zero-order chi connectivity index (χ0) is 25.2. The lowest BCUT2D eigenvalue weighted by atomic mass is 10.2. The van der Waals surface area contributed by atoms with Gasteiger partial charge in [0.15, 0.2) is 0 Å². The monoisotopic (exact) mass is 485 g/mol. The Morgan fingerprint density at radius 3 is 2.00 bits per heavy atom. The van der Waals surface area contributed by atoms with Gasteiger partial charge in [0.05, 0.1) is 42.3 Å². The van der Waals surface area contributed by atoms with Crippen molar-refractivity contribution in [1.29, 1.82) is 0 Å². The van der Waals surface area contributed by atoms with Crippen LogP contribution >= 0.6 is 0 Å². The van der Waals surface area contributed by atoms with Crippen LogP contribution in [-0.4, -0.2) is 74.4 Å². The van der Waals surface area contributed by atoms with E-state index in [4.69, 9.17) is 19.9 Å². The van der Waals surface area contributed by atoms with Gasteiger partial charge in [0.1, 0.15) is 5.69 Å². The molecular weight excluding hydrogens is 454 g/mol. The summed E-state index contributed by atoms with van der Waals surface area (Å²) in [5.41, 5.74) is 4.49. The molecule has 0 atom stereocenters. The van der Waals surface area contributed by atoms with Gasteiger partial charge in [0.2, 0.25) is 11.8 Å². The number of rotatable bonds is 20. The average Bonchev–Trinajstić information content (AvgIpc) is 2.79. The van der Waals surface area contributed by atoms with Crippen LogP contribution in [0.3, 0.4) is 0 Å². The molecule has 0 saturated heterocycles. The maximum atomic E-state index is 11.4. The maximum absolute atomic E-state index is 11.4. The maximum Gasteiger partial charge on any atom is 0.299 e. The normalized spacial score (nSPS) is 10.6. The fraction of sp³-hybridized carbons (Fsp3) is 0.600. The summed E-state index contributed by atoms with van der Waals surface area (Å²) < 4.78 is 16.2. The third-order valence-corrected chi connectivity index (χ3v) is 4.30. The van der Waals surface area contributed by atoms with Crippen molar-refractivity contribution in [3.8, 4) is 0 Å². The number of nitrogens with two attached hydrogens (primary N) is 1. The molecule has 0 aliphatic carbocycles. The van der Waals surface area contributed by atoms with E-state index in [-0.39, 0.29) is 35.8 Å². The first kappa shape index (κ1) is 28.7. The van der Waals surface area contributed by atoms with Gasteiger partial charge in [-0.05, 0) is 18.9 Å². The molecule has 1 aromatic carbocycles. The summed E-state index contributed by atoms with van der Waals surface area (Å²) in [6.45, 7) is 3.33. The van der Waals surface area contributed by atoms with Crippen LogP contribution in [0, 0.1) is 20.2 Å². The summed E-state index contributed by atoms with van der Waals surface area (Å²) in [7, 11) is 0. The minimum atomic E-state index is -0.682. The minimum absolute atomic E-state index is 0.0350. The summed E-state index contributed by atoms with van der Waals surface area (Å²) in [4.78, 5) is 42.4. The van der Waals surface area contributed by atoms with Gasteiger partial charge >= 0.3 is 0 Å². The number of non-ortho nitro benzene ring substituents is 1. The number of nitro benzene ring substituents is 2. The fourth-order valence-corrected chi connectivity index (χ4v) is 2.60. The summed E-state index contributed by atoms with van der Waals surface area (Å²) in [6, 6.07) is 3.45. The number of anilines is 1. The number of carbonyl (C=O) groups is 2. The third kappa shape index (κ3) is 13.2. The molecule has 0 saturated carbocycles. The third-order valence-electron chi connectivity index (χ3n) is 4.30. The summed E-state index contributed by atoms with van der Waals surface area (Å²) in [6.07, 6.45) is 1.34. The molecule has 0 aliphatic rings. The summed E-state index contributed by atoms with van der Waals surface area (Å²) >= 11 is 0.